The Labute approximate surface area is 200 Å². The van der Waals surface area contributed by atoms with Gasteiger partial charge in [0.2, 0.25) is 0 Å². The van der Waals surface area contributed by atoms with Crippen LogP contribution in [0.1, 0.15) is 24.5 Å². The van der Waals surface area contributed by atoms with Crippen molar-refractivity contribution in [2.45, 2.75) is 38.0 Å². The fourth-order valence-electron chi connectivity index (χ4n) is 4.81. The van der Waals surface area contributed by atoms with Crippen molar-refractivity contribution in [3.63, 3.8) is 0 Å². The molecule has 0 unspecified atom stereocenters. The van der Waals surface area contributed by atoms with E-state index in [0.29, 0.717) is 30.8 Å². The lowest BCUT2D eigenvalue weighted by molar-refractivity contribution is -0.139. The lowest BCUT2D eigenvalue weighted by Gasteiger charge is -2.31. The Morgan fingerprint density at radius 2 is 1.97 bits per heavy atom. The van der Waals surface area contributed by atoms with Gasteiger partial charge in [-0.3, -0.25) is 9.59 Å². The number of carbonyl (C=O) groups is 2. The fourth-order valence-corrected chi connectivity index (χ4v) is 4.81. The summed E-state index contributed by atoms with van der Waals surface area (Å²) in [4.78, 5) is 29.9. The predicted octanol–water partition coefficient (Wildman–Crippen LogP) is 2.50. The number of benzene rings is 1. The van der Waals surface area contributed by atoms with Crippen molar-refractivity contribution in [2.24, 2.45) is 0 Å². The van der Waals surface area contributed by atoms with E-state index in [-0.39, 0.29) is 23.5 Å². The number of likely N-dealkylation sites (tertiary alicyclic amines) is 1. The zero-order chi connectivity index (χ0) is 24.6. The molecule has 3 atom stereocenters. The van der Waals surface area contributed by atoms with E-state index in [1.165, 1.54) is 0 Å². The van der Waals surface area contributed by atoms with Crippen LogP contribution in [0.5, 0.6) is 5.75 Å². The van der Waals surface area contributed by atoms with Crippen molar-refractivity contribution in [3.05, 3.63) is 58.4 Å². The highest BCUT2D eigenvalue weighted by Crippen LogP contribution is 2.38. The maximum Gasteiger partial charge on any atom is 0.295 e. The molecular weight excluding hydrogens is 436 g/mol. The van der Waals surface area contributed by atoms with Crippen LogP contribution in [0.3, 0.4) is 0 Å². The minimum atomic E-state index is -0.685. The second-order valence-electron chi connectivity index (χ2n) is 9.19. The van der Waals surface area contributed by atoms with E-state index in [9.17, 15) is 14.7 Å². The zero-order valence-electron chi connectivity index (χ0n) is 20.3. The average Bonchev–Trinajstić information content (AvgIpc) is 3.32. The van der Waals surface area contributed by atoms with Gasteiger partial charge in [-0.05, 0) is 56.4 Å². The summed E-state index contributed by atoms with van der Waals surface area (Å²) in [7, 11) is 7.00. The third-order valence-electron chi connectivity index (χ3n) is 6.57. The number of ketones is 1. The molecule has 0 saturated carbocycles. The topological polar surface area (TPSA) is 88.5 Å². The van der Waals surface area contributed by atoms with E-state index in [0.717, 1.165) is 23.3 Å². The van der Waals surface area contributed by atoms with E-state index in [2.05, 4.69) is 0 Å². The van der Waals surface area contributed by atoms with Gasteiger partial charge in [0.25, 0.3) is 11.7 Å². The van der Waals surface area contributed by atoms with Crippen LogP contribution in [0, 0.1) is 0 Å². The van der Waals surface area contributed by atoms with Crippen LogP contribution in [-0.2, 0) is 25.5 Å². The SMILES string of the molecule is COC1=CC=C([C@H]2C(=C(O)c3ccc4c(c3)C[C@@H](C)O4)C(=O)C(=O)N2CCN(C)C)C[C@H]1OC. The second kappa shape index (κ2) is 9.64. The summed E-state index contributed by atoms with van der Waals surface area (Å²) in [6.45, 7) is 2.92. The van der Waals surface area contributed by atoms with Gasteiger partial charge in [-0.25, -0.2) is 0 Å². The van der Waals surface area contributed by atoms with Gasteiger partial charge < -0.3 is 29.1 Å². The first kappa shape index (κ1) is 24.0. The lowest BCUT2D eigenvalue weighted by Crippen LogP contribution is -2.41. The Bertz CT molecular complexity index is 1090. The number of amides is 1. The van der Waals surface area contributed by atoms with Gasteiger partial charge in [-0.15, -0.1) is 0 Å². The molecule has 2 aliphatic heterocycles. The first-order valence-corrected chi connectivity index (χ1v) is 11.5. The van der Waals surface area contributed by atoms with Crippen LogP contribution in [-0.4, -0.2) is 86.3 Å². The van der Waals surface area contributed by atoms with E-state index in [1.54, 1.807) is 37.3 Å². The molecule has 0 bridgehead atoms. The molecule has 3 aliphatic rings. The Hall–Kier alpha value is -3.10. The van der Waals surface area contributed by atoms with Crippen molar-refractivity contribution in [1.82, 2.24) is 9.80 Å². The number of methoxy groups -OCH3 is 2. The highest BCUT2D eigenvalue weighted by atomic mass is 16.5. The number of hydrogen-bond donors (Lipinski definition) is 1. The van der Waals surface area contributed by atoms with E-state index >= 15 is 0 Å². The number of Topliss-reactive ketones (excluding diaryl/α,β-unsaturated/α-hetero) is 1. The normalized spacial score (nSPS) is 25.8. The molecule has 182 valence electrons. The van der Waals surface area contributed by atoms with Gasteiger partial charge in [-0.2, -0.15) is 0 Å². The summed E-state index contributed by atoms with van der Waals surface area (Å²) in [6, 6.07) is 4.69. The zero-order valence-corrected chi connectivity index (χ0v) is 20.3. The Morgan fingerprint density at radius 3 is 2.65 bits per heavy atom. The molecule has 1 amide bonds. The van der Waals surface area contributed by atoms with Gasteiger partial charge >= 0.3 is 0 Å². The number of aliphatic hydroxyl groups excluding tert-OH is 1. The third-order valence-corrected chi connectivity index (χ3v) is 6.57. The van der Waals surface area contributed by atoms with Crippen LogP contribution in [0.2, 0.25) is 0 Å². The van der Waals surface area contributed by atoms with Crippen LogP contribution in [0.4, 0.5) is 0 Å². The molecule has 1 N–H and O–H groups in total. The minimum absolute atomic E-state index is 0.0594. The predicted molar refractivity (Wildman–Crippen MR) is 127 cm³/mol. The number of ether oxygens (including phenoxy) is 3. The van der Waals surface area contributed by atoms with Crippen LogP contribution >= 0.6 is 0 Å². The molecule has 1 aromatic carbocycles. The average molecular weight is 469 g/mol. The quantitative estimate of drug-likeness (QED) is 0.374. The summed E-state index contributed by atoms with van der Waals surface area (Å²) in [5.74, 6) is -0.00785. The second-order valence-corrected chi connectivity index (χ2v) is 9.19. The van der Waals surface area contributed by atoms with Crippen molar-refractivity contribution in [3.8, 4) is 5.75 Å². The van der Waals surface area contributed by atoms with Crippen molar-refractivity contribution >= 4 is 17.4 Å². The Balaban J connectivity index is 1.80. The summed E-state index contributed by atoms with van der Waals surface area (Å²) < 4.78 is 16.8. The first-order chi connectivity index (χ1) is 16.2. The van der Waals surface area contributed by atoms with Crippen molar-refractivity contribution in [1.29, 1.82) is 0 Å². The first-order valence-electron chi connectivity index (χ1n) is 11.5. The molecule has 34 heavy (non-hydrogen) atoms. The molecule has 1 fully saturated rings. The molecule has 0 radical (unpaired) electrons. The number of aliphatic hydroxyl groups is 1. The molecule has 4 rings (SSSR count). The molecule has 1 aliphatic carbocycles. The van der Waals surface area contributed by atoms with Gasteiger partial charge in [0.05, 0.1) is 18.7 Å². The number of rotatable bonds is 7. The summed E-state index contributed by atoms with van der Waals surface area (Å²) in [5.41, 5.74) is 2.38. The number of allylic oxidation sites excluding steroid dienone is 2. The Morgan fingerprint density at radius 1 is 1.21 bits per heavy atom. The third kappa shape index (κ3) is 4.35. The molecule has 1 saturated heterocycles. The standard InChI is InChI=1S/C26H32N2O6/c1-15-12-18-13-17(7-8-19(18)34-15)24(29)22-23(16-6-9-20(32-4)21(14-16)33-5)28(11-10-27(2)3)26(31)25(22)30/h6-9,13,15,21,23,29H,10-12,14H2,1-5H3/t15-,21-,23+/m1/s1. The van der Waals surface area contributed by atoms with Gasteiger partial charge in [0.15, 0.2) is 0 Å². The summed E-state index contributed by atoms with van der Waals surface area (Å²) in [5, 5.41) is 11.4. The lowest BCUT2D eigenvalue weighted by atomic mass is 9.88. The molecule has 2 heterocycles. The van der Waals surface area contributed by atoms with Crippen molar-refractivity contribution in [2.75, 3.05) is 41.4 Å². The number of hydrogen-bond acceptors (Lipinski definition) is 7. The maximum atomic E-state index is 13.2. The molecule has 8 heteroatoms. The molecule has 0 spiro atoms. The fraction of sp³-hybridized carbons (Fsp3) is 0.462. The van der Waals surface area contributed by atoms with Crippen LogP contribution < -0.4 is 4.74 Å². The van der Waals surface area contributed by atoms with Crippen molar-refractivity contribution < 1.29 is 28.9 Å². The molecule has 0 aromatic heterocycles. The van der Waals surface area contributed by atoms with Gasteiger partial charge in [0, 0.05) is 38.6 Å². The van der Waals surface area contributed by atoms with E-state index < -0.39 is 17.7 Å². The number of fused-ring (bicyclic) bond motifs is 1. The molecule has 8 nitrogen and oxygen atoms in total. The number of nitrogens with zero attached hydrogens (tertiary/aromatic N) is 2. The highest BCUT2D eigenvalue weighted by molar-refractivity contribution is 6.47. The highest BCUT2D eigenvalue weighted by Gasteiger charge is 2.47. The molecular formula is C26H32N2O6. The van der Waals surface area contributed by atoms with E-state index in [1.807, 2.05) is 38.1 Å². The van der Waals surface area contributed by atoms with Gasteiger partial charge in [0.1, 0.15) is 29.5 Å². The van der Waals surface area contributed by atoms with Crippen LogP contribution in [0.15, 0.2) is 47.3 Å². The molecule has 1 aromatic rings. The summed E-state index contributed by atoms with van der Waals surface area (Å²) in [6.07, 6.45) is 4.54. The monoisotopic (exact) mass is 468 g/mol. The summed E-state index contributed by atoms with van der Waals surface area (Å²) >= 11 is 0. The Kier molecular flexibility index (Phi) is 6.81. The number of likely N-dealkylation sites (N-methyl/N-ethyl adjacent to an activating group) is 1. The largest absolute Gasteiger partial charge is 0.507 e. The maximum absolute atomic E-state index is 13.2. The van der Waals surface area contributed by atoms with E-state index in [4.69, 9.17) is 14.2 Å². The minimum Gasteiger partial charge on any atom is -0.507 e. The van der Waals surface area contributed by atoms with Crippen LogP contribution in [0.25, 0.3) is 5.76 Å². The smallest absolute Gasteiger partial charge is 0.295 e. The number of carbonyl (C=O) groups excluding carboxylic acids is 2. The van der Waals surface area contributed by atoms with Gasteiger partial charge in [-0.1, -0.05) is 6.08 Å².